The minimum atomic E-state index is -0.258. The molecule has 104 valence electrons. The summed E-state index contributed by atoms with van der Waals surface area (Å²) in [5.74, 6) is 0.0649. The molecule has 1 aromatic heterocycles. The maximum Gasteiger partial charge on any atom is 0.265 e. The Labute approximate surface area is 130 Å². The lowest BCUT2D eigenvalue weighted by Gasteiger charge is -2.06. The van der Waals surface area contributed by atoms with Crippen LogP contribution >= 0.6 is 35.2 Å². The number of nitrogens with one attached hydrogen (secondary N) is 1. The minimum absolute atomic E-state index is 0.258. The predicted molar refractivity (Wildman–Crippen MR) is 86.4 cm³/mol. The third-order valence-corrected chi connectivity index (χ3v) is 4.18. The first-order chi connectivity index (χ1) is 9.54. The molecular formula is C13H12ClN3OS2. The number of carbonyl (C=O) groups excluding carboxylic acids is 1. The van der Waals surface area contributed by atoms with E-state index in [-0.39, 0.29) is 5.91 Å². The summed E-state index contributed by atoms with van der Waals surface area (Å²) < 4.78 is 2.16. The summed E-state index contributed by atoms with van der Waals surface area (Å²) >= 11 is 12.3. The van der Waals surface area contributed by atoms with Crippen molar-refractivity contribution < 1.29 is 4.79 Å². The number of nitrogens with two attached hydrogens (primary N) is 1. The number of nitrogens with zero attached hydrogens (tertiary/aromatic N) is 1. The lowest BCUT2D eigenvalue weighted by molar-refractivity contribution is 0.0962. The fourth-order valence-corrected chi connectivity index (χ4v) is 3.04. The van der Waals surface area contributed by atoms with Crippen molar-refractivity contribution in [2.45, 2.75) is 0 Å². The normalized spacial score (nSPS) is 10.2. The molecule has 0 saturated carbocycles. The Kier molecular flexibility index (Phi) is 4.59. The number of halogens is 1. The number of aromatic nitrogens is 1. The standard InChI is InChI=1S/C13H12ClN3OS2/c1-2-7-16-12(18)10-11(15)17(13(19)20-10)9-5-3-8(14)4-6-9/h2-6H,1,7,15H2,(H,16,18). The Morgan fingerprint density at radius 1 is 1.50 bits per heavy atom. The van der Waals surface area contributed by atoms with E-state index in [9.17, 15) is 4.79 Å². The van der Waals surface area contributed by atoms with Gasteiger partial charge in [-0.15, -0.1) is 6.58 Å². The predicted octanol–water partition coefficient (Wildman–Crippen LogP) is 3.42. The number of hydrogen-bond donors (Lipinski definition) is 2. The van der Waals surface area contributed by atoms with Crippen LogP contribution in [0.3, 0.4) is 0 Å². The number of rotatable bonds is 4. The van der Waals surface area contributed by atoms with Gasteiger partial charge in [-0.3, -0.25) is 9.36 Å². The summed E-state index contributed by atoms with van der Waals surface area (Å²) in [6, 6.07) is 7.08. The molecule has 0 unspecified atom stereocenters. The minimum Gasteiger partial charge on any atom is -0.383 e. The summed E-state index contributed by atoms with van der Waals surface area (Å²) in [4.78, 5) is 12.4. The summed E-state index contributed by atoms with van der Waals surface area (Å²) in [7, 11) is 0. The van der Waals surface area contributed by atoms with E-state index in [1.54, 1.807) is 34.9 Å². The van der Waals surface area contributed by atoms with E-state index in [1.807, 2.05) is 0 Å². The third kappa shape index (κ3) is 2.92. The van der Waals surface area contributed by atoms with Crippen molar-refractivity contribution in [1.29, 1.82) is 0 Å². The molecule has 0 aliphatic heterocycles. The number of benzene rings is 1. The molecule has 0 spiro atoms. The zero-order chi connectivity index (χ0) is 14.7. The van der Waals surface area contributed by atoms with E-state index in [0.29, 0.717) is 26.2 Å². The Balaban J connectivity index is 2.43. The molecule has 2 aromatic rings. The highest BCUT2D eigenvalue weighted by Gasteiger charge is 2.17. The Hall–Kier alpha value is -1.63. The lowest BCUT2D eigenvalue weighted by atomic mass is 10.3. The second-order valence-electron chi connectivity index (χ2n) is 3.89. The van der Waals surface area contributed by atoms with Gasteiger partial charge in [0.2, 0.25) is 0 Å². The van der Waals surface area contributed by atoms with Crippen LogP contribution in [-0.2, 0) is 0 Å². The first-order valence-electron chi connectivity index (χ1n) is 5.71. The van der Waals surface area contributed by atoms with Crippen LogP contribution < -0.4 is 11.1 Å². The quantitative estimate of drug-likeness (QED) is 0.669. The number of thiazole rings is 1. The SMILES string of the molecule is C=CCNC(=O)c1sc(=S)n(-c2ccc(Cl)cc2)c1N. The molecule has 0 aliphatic carbocycles. The molecule has 0 fully saturated rings. The maximum atomic E-state index is 12.0. The van der Waals surface area contributed by atoms with Gasteiger partial charge in [-0.2, -0.15) is 0 Å². The molecule has 7 heteroatoms. The van der Waals surface area contributed by atoms with Crippen molar-refractivity contribution in [3.63, 3.8) is 0 Å². The van der Waals surface area contributed by atoms with E-state index >= 15 is 0 Å². The monoisotopic (exact) mass is 325 g/mol. The number of amides is 1. The fraction of sp³-hybridized carbons (Fsp3) is 0.0769. The van der Waals surface area contributed by atoms with Crippen LogP contribution in [0.25, 0.3) is 5.69 Å². The largest absolute Gasteiger partial charge is 0.383 e. The first kappa shape index (κ1) is 14.8. The molecule has 0 atom stereocenters. The second kappa shape index (κ2) is 6.21. The molecular weight excluding hydrogens is 314 g/mol. The zero-order valence-corrected chi connectivity index (χ0v) is 12.8. The molecule has 20 heavy (non-hydrogen) atoms. The molecule has 1 heterocycles. The lowest BCUT2D eigenvalue weighted by Crippen LogP contribution is -2.23. The molecule has 1 amide bonds. The molecule has 0 aliphatic rings. The molecule has 1 aromatic carbocycles. The van der Waals surface area contributed by atoms with Gasteiger partial charge >= 0.3 is 0 Å². The Morgan fingerprint density at radius 3 is 2.75 bits per heavy atom. The number of anilines is 1. The molecule has 0 radical (unpaired) electrons. The molecule has 3 N–H and O–H groups in total. The molecule has 0 bridgehead atoms. The Morgan fingerprint density at radius 2 is 2.15 bits per heavy atom. The van der Waals surface area contributed by atoms with Crippen molar-refractivity contribution >= 4 is 46.9 Å². The number of carbonyl (C=O) groups is 1. The molecule has 0 saturated heterocycles. The van der Waals surface area contributed by atoms with Crippen LogP contribution in [0.15, 0.2) is 36.9 Å². The van der Waals surface area contributed by atoms with Crippen LogP contribution in [0.1, 0.15) is 9.67 Å². The van der Waals surface area contributed by atoms with E-state index in [2.05, 4.69) is 11.9 Å². The van der Waals surface area contributed by atoms with E-state index < -0.39 is 0 Å². The van der Waals surface area contributed by atoms with Gasteiger partial charge in [0, 0.05) is 17.3 Å². The van der Waals surface area contributed by atoms with Gasteiger partial charge in [-0.05, 0) is 36.5 Å². The van der Waals surface area contributed by atoms with Gasteiger partial charge < -0.3 is 11.1 Å². The van der Waals surface area contributed by atoms with Crippen LogP contribution in [0.4, 0.5) is 5.82 Å². The van der Waals surface area contributed by atoms with Gasteiger partial charge in [0.15, 0.2) is 3.95 Å². The number of nitrogen functional groups attached to an aromatic ring is 1. The number of hydrogen-bond acceptors (Lipinski definition) is 4. The van der Waals surface area contributed by atoms with Crippen molar-refractivity contribution in [2.75, 3.05) is 12.3 Å². The molecule has 2 rings (SSSR count). The van der Waals surface area contributed by atoms with Crippen LogP contribution in [0.5, 0.6) is 0 Å². The highest BCUT2D eigenvalue weighted by molar-refractivity contribution is 7.73. The van der Waals surface area contributed by atoms with E-state index in [4.69, 9.17) is 29.6 Å². The van der Waals surface area contributed by atoms with Crippen LogP contribution in [-0.4, -0.2) is 17.0 Å². The van der Waals surface area contributed by atoms with Gasteiger partial charge in [0.25, 0.3) is 5.91 Å². The highest BCUT2D eigenvalue weighted by atomic mass is 35.5. The van der Waals surface area contributed by atoms with Gasteiger partial charge in [-0.1, -0.05) is 29.0 Å². The maximum absolute atomic E-state index is 12.0. The van der Waals surface area contributed by atoms with Crippen molar-refractivity contribution in [2.24, 2.45) is 0 Å². The summed E-state index contributed by atoms with van der Waals surface area (Å²) in [6.07, 6.45) is 1.60. The highest BCUT2D eigenvalue weighted by Crippen LogP contribution is 2.26. The topological polar surface area (TPSA) is 60.0 Å². The van der Waals surface area contributed by atoms with E-state index in [0.717, 1.165) is 5.69 Å². The van der Waals surface area contributed by atoms with Crippen molar-refractivity contribution in [1.82, 2.24) is 9.88 Å². The average Bonchev–Trinajstić information content (AvgIpc) is 2.73. The molecule has 4 nitrogen and oxygen atoms in total. The summed E-state index contributed by atoms with van der Waals surface area (Å²) in [5, 5.41) is 3.31. The fourth-order valence-electron chi connectivity index (χ4n) is 1.63. The van der Waals surface area contributed by atoms with Crippen molar-refractivity contribution in [3.05, 3.63) is 50.8 Å². The van der Waals surface area contributed by atoms with Crippen molar-refractivity contribution in [3.8, 4) is 5.69 Å². The third-order valence-electron chi connectivity index (χ3n) is 2.54. The zero-order valence-electron chi connectivity index (χ0n) is 10.4. The second-order valence-corrected chi connectivity index (χ2v) is 5.97. The summed E-state index contributed by atoms with van der Waals surface area (Å²) in [6.45, 7) is 3.93. The summed E-state index contributed by atoms with van der Waals surface area (Å²) in [5.41, 5.74) is 6.81. The van der Waals surface area contributed by atoms with Gasteiger partial charge in [-0.25, -0.2) is 0 Å². The van der Waals surface area contributed by atoms with Crippen LogP contribution in [0.2, 0.25) is 5.02 Å². The van der Waals surface area contributed by atoms with Gasteiger partial charge in [0.05, 0.1) is 0 Å². The first-order valence-corrected chi connectivity index (χ1v) is 7.31. The smallest absolute Gasteiger partial charge is 0.265 e. The van der Waals surface area contributed by atoms with Crippen LogP contribution in [0, 0.1) is 3.95 Å². The van der Waals surface area contributed by atoms with Gasteiger partial charge in [0.1, 0.15) is 10.7 Å². The van der Waals surface area contributed by atoms with E-state index in [1.165, 1.54) is 11.3 Å². The average molecular weight is 326 g/mol. The Bertz CT molecular complexity index is 703.